The lowest BCUT2D eigenvalue weighted by molar-refractivity contribution is -0.0757. The van der Waals surface area contributed by atoms with Crippen LogP contribution in [-0.4, -0.2) is 43.8 Å². The number of hydrogen-bond acceptors (Lipinski definition) is 5. The van der Waals surface area contributed by atoms with E-state index in [0.717, 1.165) is 11.5 Å². The summed E-state index contributed by atoms with van der Waals surface area (Å²) in [4.78, 5) is 20.9. The number of pyridine rings is 1. The number of aromatic nitrogens is 1. The summed E-state index contributed by atoms with van der Waals surface area (Å²) in [5.74, 6) is 0.403. The molecular weight excluding hydrogens is 236 g/mol. The molecule has 6 nitrogen and oxygen atoms in total. The minimum absolute atomic E-state index is 0.292. The summed E-state index contributed by atoms with van der Waals surface area (Å²) in [6.07, 6.45) is 0.861. The third-order valence-electron chi connectivity index (χ3n) is 2.25. The molecule has 0 saturated heterocycles. The quantitative estimate of drug-likeness (QED) is 0.720. The van der Waals surface area contributed by atoms with Crippen molar-refractivity contribution in [2.75, 3.05) is 27.9 Å². The number of carbonyl (C=O) groups excluding carboxylic acids is 1. The lowest BCUT2D eigenvalue weighted by Crippen LogP contribution is -2.25. The largest absolute Gasteiger partial charge is 0.481 e. The number of carbonyl (C=O) groups is 1. The summed E-state index contributed by atoms with van der Waals surface area (Å²) < 4.78 is 10.4. The van der Waals surface area contributed by atoms with Crippen molar-refractivity contribution in [1.29, 1.82) is 0 Å². The molecule has 0 spiro atoms. The van der Waals surface area contributed by atoms with Crippen molar-refractivity contribution in [3.05, 3.63) is 17.7 Å². The second kappa shape index (κ2) is 6.80. The first kappa shape index (κ1) is 14.2. The molecular formula is C12H18N2O4. The zero-order chi connectivity index (χ0) is 13.5. The molecule has 0 aliphatic carbocycles. The van der Waals surface area contributed by atoms with E-state index in [-0.39, 0.29) is 5.91 Å². The highest BCUT2D eigenvalue weighted by atomic mass is 16.7. The molecule has 6 heteroatoms. The third kappa shape index (κ3) is 3.59. The second-order valence-electron chi connectivity index (χ2n) is 3.57. The van der Waals surface area contributed by atoms with Gasteiger partial charge in [-0.1, -0.05) is 6.92 Å². The first-order valence-corrected chi connectivity index (χ1v) is 5.63. The molecule has 1 aromatic rings. The smallest absolute Gasteiger partial charge is 0.277 e. The fourth-order valence-electron chi connectivity index (χ4n) is 1.25. The number of methoxy groups -OCH3 is 1. The van der Waals surface area contributed by atoms with Crippen LogP contribution in [0.1, 0.15) is 23.7 Å². The minimum atomic E-state index is -0.292. The average molecular weight is 254 g/mol. The fourth-order valence-corrected chi connectivity index (χ4v) is 1.25. The number of hydrogen-bond donors (Lipinski definition) is 0. The molecule has 100 valence electrons. The Morgan fingerprint density at radius 1 is 1.33 bits per heavy atom. The molecule has 18 heavy (non-hydrogen) atoms. The van der Waals surface area contributed by atoms with Crippen molar-refractivity contribution < 1.29 is 19.1 Å². The summed E-state index contributed by atoms with van der Waals surface area (Å²) in [6, 6.07) is 3.10. The van der Waals surface area contributed by atoms with Crippen LogP contribution in [-0.2, 0) is 4.84 Å². The molecule has 1 heterocycles. The Morgan fingerprint density at radius 2 is 2.00 bits per heavy atom. The van der Waals surface area contributed by atoms with E-state index in [1.54, 1.807) is 6.07 Å². The molecule has 1 amide bonds. The number of amides is 1. The molecule has 0 atom stereocenters. The van der Waals surface area contributed by atoms with Gasteiger partial charge in [0.15, 0.2) is 0 Å². The fraction of sp³-hybridized carbons (Fsp3) is 0.500. The normalized spacial score (nSPS) is 10.0. The Kier molecular flexibility index (Phi) is 5.38. The van der Waals surface area contributed by atoms with Gasteiger partial charge in [-0.25, -0.2) is 5.06 Å². The highest BCUT2D eigenvalue weighted by Crippen LogP contribution is 2.19. The molecule has 0 N–H and O–H groups in total. The zero-order valence-corrected chi connectivity index (χ0v) is 11.1. The standard InChI is InChI=1S/C12H18N2O4/c1-5-6-18-11-8-9(7-10(13-11)16-3)12(15)14(2)17-4/h7-8H,5-6H2,1-4H3. The van der Waals surface area contributed by atoms with Crippen LogP contribution < -0.4 is 9.47 Å². The van der Waals surface area contributed by atoms with Gasteiger partial charge in [-0.05, 0) is 6.42 Å². The van der Waals surface area contributed by atoms with Crippen molar-refractivity contribution in [2.24, 2.45) is 0 Å². The van der Waals surface area contributed by atoms with Crippen LogP contribution in [0, 0.1) is 0 Å². The van der Waals surface area contributed by atoms with Gasteiger partial charge in [0.05, 0.1) is 26.4 Å². The Bertz CT molecular complexity index is 409. The molecule has 1 aromatic heterocycles. The van der Waals surface area contributed by atoms with Gasteiger partial charge in [-0.2, -0.15) is 4.98 Å². The summed E-state index contributed by atoms with van der Waals surface area (Å²) in [5.41, 5.74) is 0.400. The van der Waals surface area contributed by atoms with Crippen LogP contribution in [0.15, 0.2) is 12.1 Å². The third-order valence-corrected chi connectivity index (χ3v) is 2.25. The predicted molar refractivity (Wildman–Crippen MR) is 65.7 cm³/mol. The average Bonchev–Trinajstić information content (AvgIpc) is 2.42. The molecule has 0 unspecified atom stereocenters. The van der Waals surface area contributed by atoms with Gasteiger partial charge in [0, 0.05) is 19.2 Å². The maximum atomic E-state index is 11.9. The van der Waals surface area contributed by atoms with Gasteiger partial charge in [0.1, 0.15) is 0 Å². The number of ether oxygens (including phenoxy) is 2. The lowest BCUT2D eigenvalue weighted by atomic mass is 10.2. The number of hydroxylamine groups is 2. The van der Waals surface area contributed by atoms with Crippen LogP contribution in [0.3, 0.4) is 0 Å². The Balaban J connectivity index is 2.99. The van der Waals surface area contributed by atoms with Gasteiger partial charge in [-0.15, -0.1) is 0 Å². The van der Waals surface area contributed by atoms with E-state index in [9.17, 15) is 4.79 Å². The van der Waals surface area contributed by atoms with Crippen LogP contribution in [0.4, 0.5) is 0 Å². The van der Waals surface area contributed by atoms with Crippen LogP contribution in [0.25, 0.3) is 0 Å². The van der Waals surface area contributed by atoms with E-state index < -0.39 is 0 Å². The molecule has 0 bridgehead atoms. The number of rotatable bonds is 6. The van der Waals surface area contributed by atoms with E-state index >= 15 is 0 Å². The summed E-state index contributed by atoms with van der Waals surface area (Å²) >= 11 is 0. The lowest BCUT2D eigenvalue weighted by Gasteiger charge is -2.14. The van der Waals surface area contributed by atoms with Crippen molar-refractivity contribution >= 4 is 5.91 Å². The highest BCUT2D eigenvalue weighted by Gasteiger charge is 2.15. The van der Waals surface area contributed by atoms with Crippen molar-refractivity contribution in [3.8, 4) is 11.8 Å². The molecule has 0 saturated carbocycles. The van der Waals surface area contributed by atoms with Crippen molar-refractivity contribution in [1.82, 2.24) is 10.0 Å². The Labute approximate surface area is 106 Å². The van der Waals surface area contributed by atoms with Gasteiger partial charge < -0.3 is 9.47 Å². The first-order chi connectivity index (χ1) is 8.62. The Hall–Kier alpha value is -1.82. The molecule has 0 fully saturated rings. The van der Waals surface area contributed by atoms with Crippen LogP contribution in [0.5, 0.6) is 11.8 Å². The van der Waals surface area contributed by atoms with Gasteiger partial charge in [-0.3, -0.25) is 9.63 Å². The summed E-state index contributed by atoms with van der Waals surface area (Å²) in [7, 11) is 4.44. The highest BCUT2D eigenvalue weighted by molar-refractivity contribution is 5.93. The first-order valence-electron chi connectivity index (χ1n) is 5.63. The summed E-state index contributed by atoms with van der Waals surface area (Å²) in [6.45, 7) is 2.53. The SMILES string of the molecule is CCCOc1cc(C(=O)N(C)OC)cc(OC)n1. The molecule has 0 aromatic carbocycles. The summed E-state index contributed by atoms with van der Waals surface area (Å²) in [5, 5.41) is 1.12. The van der Waals surface area contributed by atoms with E-state index in [1.165, 1.54) is 27.3 Å². The maximum absolute atomic E-state index is 11.9. The van der Waals surface area contributed by atoms with Crippen molar-refractivity contribution in [2.45, 2.75) is 13.3 Å². The van der Waals surface area contributed by atoms with E-state index in [1.807, 2.05) is 6.92 Å². The molecule has 1 rings (SSSR count). The van der Waals surface area contributed by atoms with Crippen molar-refractivity contribution in [3.63, 3.8) is 0 Å². The molecule has 0 radical (unpaired) electrons. The zero-order valence-electron chi connectivity index (χ0n) is 11.1. The molecule has 0 aliphatic heterocycles. The predicted octanol–water partition coefficient (Wildman–Crippen LogP) is 1.51. The van der Waals surface area contributed by atoms with Gasteiger partial charge in [0.2, 0.25) is 11.8 Å². The monoisotopic (exact) mass is 254 g/mol. The Morgan fingerprint density at radius 3 is 2.56 bits per heavy atom. The molecule has 0 aliphatic rings. The van der Waals surface area contributed by atoms with E-state index in [2.05, 4.69) is 4.98 Å². The second-order valence-corrected chi connectivity index (χ2v) is 3.57. The van der Waals surface area contributed by atoms with Gasteiger partial charge >= 0.3 is 0 Å². The van der Waals surface area contributed by atoms with E-state index in [0.29, 0.717) is 23.9 Å². The van der Waals surface area contributed by atoms with E-state index in [4.69, 9.17) is 14.3 Å². The minimum Gasteiger partial charge on any atom is -0.481 e. The number of nitrogens with zero attached hydrogens (tertiary/aromatic N) is 2. The maximum Gasteiger partial charge on any atom is 0.277 e. The van der Waals surface area contributed by atoms with Gasteiger partial charge in [0.25, 0.3) is 5.91 Å². The van der Waals surface area contributed by atoms with Crippen LogP contribution in [0.2, 0.25) is 0 Å². The van der Waals surface area contributed by atoms with Crippen LogP contribution >= 0.6 is 0 Å². The topological polar surface area (TPSA) is 60.9 Å².